The zero-order valence-corrected chi connectivity index (χ0v) is 9.08. The van der Waals surface area contributed by atoms with E-state index in [1.807, 2.05) is 0 Å². The van der Waals surface area contributed by atoms with Gasteiger partial charge in [-0.15, -0.1) is 0 Å². The highest BCUT2D eigenvalue weighted by atomic mass is 79.9. The summed E-state index contributed by atoms with van der Waals surface area (Å²) in [7, 11) is 0. The molecule has 0 saturated heterocycles. The molecule has 0 aliphatic heterocycles. The molecule has 1 N–H and O–H groups in total. The minimum absolute atomic E-state index is 0.000139. The van der Waals surface area contributed by atoms with Crippen molar-refractivity contribution < 1.29 is 8.78 Å². The van der Waals surface area contributed by atoms with Gasteiger partial charge < -0.3 is 0 Å². The van der Waals surface area contributed by atoms with Crippen LogP contribution in [0.3, 0.4) is 0 Å². The van der Waals surface area contributed by atoms with Gasteiger partial charge in [-0.05, 0) is 31.9 Å². The topological polar surface area (TPSA) is 41.6 Å². The van der Waals surface area contributed by atoms with E-state index in [1.165, 1.54) is 0 Å². The number of benzene rings is 1. The number of halogens is 4. The summed E-state index contributed by atoms with van der Waals surface area (Å²) in [4.78, 5) is 0. The zero-order valence-electron chi connectivity index (χ0n) is 5.91. The standard InChI is InChI=1S/C6HBr2F2N3/c7-1-3(9)2(8)5-6(4(1)10)12-13-11-5/h(H,11,12,13). The summed E-state index contributed by atoms with van der Waals surface area (Å²) < 4.78 is 26.3. The number of rotatable bonds is 0. The Balaban J connectivity index is 3.02. The summed E-state index contributed by atoms with van der Waals surface area (Å²) in [5, 5.41) is 9.36. The smallest absolute Gasteiger partial charge is 0.170 e. The second kappa shape index (κ2) is 2.98. The zero-order chi connectivity index (χ0) is 9.59. The maximum atomic E-state index is 13.2. The Kier molecular flexibility index (Phi) is 2.07. The van der Waals surface area contributed by atoms with Crippen LogP contribution in [0, 0.1) is 11.6 Å². The lowest BCUT2D eigenvalue weighted by molar-refractivity contribution is 0.575. The third kappa shape index (κ3) is 1.18. The molecule has 3 nitrogen and oxygen atoms in total. The van der Waals surface area contributed by atoms with Crippen molar-refractivity contribution in [2.75, 3.05) is 0 Å². The molecule has 0 radical (unpaired) electrons. The number of fused-ring (bicyclic) bond motifs is 1. The van der Waals surface area contributed by atoms with Gasteiger partial charge in [-0.1, -0.05) is 0 Å². The van der Waals surface area contributed by atoms with Gasteiger partial charge in [0.25, 0.3) is 0 Å². The molecule has 0 spiro atoms. The van der Waals surface area contributed by atoms with Crippen LogP contribution < -0.4 is 0 Å². The molecule has 0 fully saturated rings. The van der Waals surface area contributed by atoms with Crippen molar-refractivity contribution in [1.29, 1.82) is 0 Å². The Labute approximate surface area is 87.8 Å². The molecule has 7 heteroatoms. The quantitative estimate of drug-likeness (QED) is 0.600. The number of H-pyrrole nitrogens is 1. The monoisotopic (exact) mass is 311 g/mol. The maximum Gasteiger partial charge on any atom is 0.170 e. The number of aromatic nitrogens is 3. The van der Waals surface area contributed by atoms with E-state index >= 15 is 0 Å². The van der Waals surface area contributed by atoms with Gasteiger partial charge in [0.05, 0.1) is 8.95 Å². The van der Waals surface area contributed by atoms with Gasteiger partial charge in [0.1, 0.15) is 5.52 Å². The predicted molar refractivity (Wildman–Crippen MR) is 49.2 cm³/mol. The summed E-state index contributed by atoms with van der Waals surface area (Å²) in [6, 6.07) is 0. The molecule has 0 amide bonds. The Morgan fingerprint density at radius 2 is 1.54 bits per heavy atom. The Morgan fingerprint density at radius 3 is 2.23 bits per heavy atom. The van der Waals surface area contributed by atoms with Crippen molar-refractivity contribution in [3.05, 3.63) is 20.6 Å². The van der Waals surface area contributed by atoms with E-state index in [2.05, 4.69) is 47.3 Å². The fourth-order valence-corrected chi connectivity index (χ4v) is 2.06. The second-order valence-corrected chi connectivity index (χ2v) is 3.86. The van der Waals surface area contributed by atoms with Crippen molar-refractivity contribution in [3.63, 3.8) is 0 Å². The SMILES string of the molecule is Fc1c(Br)c(F)c2n[nH]nc2c1Br. The highest BCUT2D eigenvalue weighted by molar-refractivity contribution is 9.11. The first kappa shape index (κ1) is 9.01. The first-order valence-corrected chi connectivity index (χ1v) is 4.74. The first-order chi connectivity index (χ1) is 6.13. The number of hydrogen-bond acceptors (Lipinski definition) is 2. The molecule has 2 aromatic rings. The van der Waals surface area contributed by atoms with Gasteiger partial charge in [0.2, 0.25) is 0 Å². The van der Waals surface area contributed by atoms with Gasteiger partial charge in [-0.3, -0.25) is 0 Å². The van der Waals surface area contributed by atoms with Gasteiger partial charge in [-0.25, -0.2) is 8.78 Å². The average molecular weight is 313 g/mol. The predicted octanol–water partition coefficient (Wildman–Crippen LogP) is 2.76. The molecule has 0 bridgehead atoms. The summed E-state index contributed by atoms with van der Waals surface area (Å²) in [6.45, 7) is 0. The normalized spacial score (nSPS) is 11.1. The van der Waals surface area contributed by atoms with Crippen LogP contribution in [0.1, 0.15) is 0 Å². The molecule has 13 heavy (non-hydrogen) atoms. The highest BCUT2D eigenvalue weighted by Gasteiger charge is 2.19. The molecule has 1 heterocycles. The lowest BCUT2D eigenvalue weighted by atomic mass is 10.3. The Hall–Kier alpha value is -0.560. The van der Waals surface area contributed by atoms with Crippen LogP contribution in [-0.2, 0) is 0 Å². The molecule has 0 aliphatic carbocycles. The molecule has 2 rings (SSSR count). The van der Waals surface area contributed by atoms with Crippen LogP contribution >= 0.6 is 31.9 Å². The van der Waals surface area contributed by atoms with E-state index in [0.717, 1.165) is 0 Å². The maximum absolute atomic E-state index is 13.2. The molecule has 0 aliphatic rings. The van der Waals surface area contributed by atoms with Gasteiger partial charge in [0.15, 0.2) is 17.2 Å². The Bertz CT molecular complexity index is 440. The number of nitrogens with zero attached hydrogens (tertiary/aromatic N) is 2. The van der Waals surface area contributed by atoms with E-state index < -0.39 is 11.6 Å². The number of aromatic amines is 1. The van der Waals surface area contributed by atoms with Crippen LogP contribution in [0.5, 0.6) is 0 Å². The van der Waals surface area contributed by atoms with E-state index in [-0.39, 0.29) is 20.0 Å². The minimum atomic E-state index is -0.760. The van der Waals surface area contributed by atoms with Crippen molar-refractivity contribution in [2.24, 2.45) is 0 Å². The second-order valence-electron chi connectivity index (χ2n) is 2.28. The van der Waals surface area contributed by atoms with Gasteiger partial charge in [0, 0.05) is 0 Å². The van der Waals surface area contributed by atoms with Crippen LogP contribution in [0.15, 0.2) is 8.95 Å². The molecule has 68 valence electrons. The molecule has 0 atom stereocenters. The van der Waals surface area contributed by atoms with Crippen molar-refractivity contribution >= 4 is 42.9 Å². The molecular formula is C6HBr2F2N3. The molecule has 1 aromatic heterocycles. The summed E-state index contributed by atoms with van der Waals surface area (Å²) in [6.07, 6.45) is 0. The number of hydrogen-bond donors (Lipinski definition) is 1. The molecular weight excluding hydrogens is 312 g/mol. The van der Waals surface area contributed by atoms with Crippen molar-refractivity contribution in [2.45, 2.75) is 0 Å². The summed E-state index contributed by atoms with van der Waals surface area (Å²) in [5.41, 5.74) is 0.137. The largest absolute Gasteiger partial charge is 0.204 e. The third-order valence-corrected chi connectivity index (χ3v) is 2.96. The van der Waals surface area contributed by atoms with E-state index in [4.69, 9.17) is 0 Å². The van der Waals surface area contributed by atoms with E-state index in [9.17, 15) is 8.78 Å². The van der Waals surface area contributed by atoms with Crippen LogP contribution in [0.2, 0.25) is 0 Å². The fourth-order valence-electron chi connectivity index (χ4n) is 0.938. The van der Waals surface area contributed by atoms with E-state index in [0.29, 0.717) is 0 Å². The molecule has 1 aromatic carbocycles. The minimum Gasteiger partial charge on any atom is -0.204 e. The first-order valence-electron chi connectivity index (χ1n) is 3.15. The highest BCUT2D eigenvalue weighted by Crippen LogP contribution is 2.32. The fraction of sp³-hybridized carbons (Fsp3) is 0. The van der Waals surface area contributed by atoms with Crippen LogP contribution in [0.4, 0.5) is 8.78 Å². The van der Waals surface area contributed by atoms with Crippen LogP contribution in [-0.4, -0.2) is 15.4 Å². The van der Waals surface area contributed by atoms with Crippen molar-refractivity contribution in [3.8, 4) is 0 Å². The lowest BCUT2D eigenvalue weighted by Gasteiger charge is -1.99. The summed E-state index contributed by atoms with van der Waals surface area (Å²) in [5.74, 6) is -1.48. The molecule has 0 saturated carbocycles. The van der Waals surface area contributed by atoms with Gasteiger partial charge >= 0.3 is 0 Å². The lowest BCUT2D eigenvalue weighted by Crippen LogP contribution is -1.89. The Morgan fingerprint density at radius 1 is 0.923 bits per heavy atom. The average Bonchev–Trinajstić information content (AvgIpc) is 2.59. The molecule has 0 unspecified atom stereocenters. The van der Waals surface area contributed by atoms with Crippen molar-refractivity contribution in [1.82, 2.24) is 15.4 Å². The van der Waals surface area contributed by atoms with Gasteiger partial charge in [-0.2, -0.15) is 15.4 Å². The third-order valence-electron chi connectivity index (χ3n) is 1.54. The number of nitrogens with one attached hydrogen (secondary N) is 1. The van der Waals surface area contributed by atoms with E-state index in [1.54, 1.807) is 0 Å². The van der Waals surface area contributed by atoms with Crippen LogP contribution in [0.25, 0.3) is 11.0 Å². The summed E-state index contributed by atoms with van der Waals surface area (Å²) >= 11 is 5.72.